The molecular formula is C32H31ClN2O2P. The van der Waals surface area contributed by atoms with Gasteiger partial charge in [-0.2, -0.15) is 0 Å². The van der Waals surface area contributed by atoms with E-state index in [2.05, 4.69) is 41.7 Å². The maximum Gasteiger partial charge on any atom is 0.271 e. The Morgan fingerprint density at radius 3 is 1.39 bits per heavy atom. The third-order valence-corrected chi connectivity index (χ3v) is 11.5. The Hall–Kier alpha value is -3.72. The highest BCUT2D eigenvalue weighted by molar-refractivity contribution is 8.00. The van der Waals surface area contributed by atoms with Crippen LogP contribution in [0.25, 0.3) is 0 Å². The van der Waals surface area contributed by atoms with Gasteiger partial charge in [0.1, 0.15) is 5.70 Å². The largest absolute Gasteiger partial charge is 0.338 e. The van der Waals surface area contributed by atoms with Crippen LogP contribution in [0.15, 0.2) is 132 Å². The summed E-state index contributed by atoms with van der Waals surface area (Å²) in [4.78, 5) is 29.2. The highest BCUT2D eigenvalue weighted by atomic mass is 35.5. The second-order valence-corrected chi connectivity index (χ2v) is 12.6. The average molecular weight is 542 g/mol. The van der Waals surface area contributed by atoms with Gasteiger partial charge in [-0.15, -0.1) is 0 Å². The van der Waals surface area contributed by atoms with E-state index in [9.17, 15) is 9.59 Å². The lowest BCUT2D eigenvalue weighted by atomic mass is 10.2. The van der Waals surface area contributed by atoms with Crippen molar-refractivity contribution in [3.8, 4) is 0 Å². The van der Waals surface area contributed by atoms with E-state index in [4.69, 9.17) is 11.6 Å². The number of amides is 2. The molecule has 0 unspecified atom stereocenters. The average Bonchev–Trinajstić information content (AvgIpc) is 2.99. The third kappa shape index (κ3) is 5.43. The van der Waals surface area contributed by atoms with Crippen LogP contribution < -0.4 is 21.2 Å². The van der Waals surface area contributed by atoms with Crippen LogP contribution in [0.4, 0.5) is 0 Å². The van der Waals surface area contributed by atoms with E-state index in [0.717, 1.165) is 15.9 Å². The van der Waals surface area contributed by atoms with Gasteiger partial charge in [0.05, 0.1) is 4.77 Å². The molecule has 0 aliphatic carbocycles. The van der Waals surface area contributed by atoms with Crippen molar-refractivity contribution in [3.63, 3.8) is 0 Å². The van der Waals surface area contributed by atoms with Gasteiger partial charge in [-0.05, 0) is 49.2 Å². The Labute approximate surface area is 230 Å². The summed E-state index contributed by atoms with van der Waals surface area (Å²) in [5.74, 6) is -0.692. The number of halogens is 1. The molecule has 4 aromatic rings. The number of nitrogens with one attached hydrogen (secondary N) is 1. The Bertz CT molecular complexity index is 1290. The first-order valence-corrected chi connectivity index (χ1v) is 14.8. The van der Waals surface area contributed by atoms with E-state index in [0.29, 0.717) is 23.4 Å². The van der Waals surface area contributed by atoms with Gasteiger partial charge < -0.3 is 10.2 Å². The summed E-state index contributed by atoms with van der Waals surface area (Å²) in [6.07, 6.45) is 0. The maximum atomic E-state index is 14.0. The molecule has 1 N–H and O–H groups in total. The van der Waals surface area contributed by atoms with Crippen LogP contribution in [0.5, 0.6) is 0 Å². The van der Waals surface area contributed by atoms with Crippen molar-refractivity contribution in [1.82, 2.24) is 10.2 Å². The van der Waals surface area contributed by atoms with E-state index in [1.54, 1.807) is 29.2 Å². The standard InChI is InChI=1S/C32H31ClN2O2P/c1-3-35(4-2)32(37)29(34-31(36)25-17-9-5-10-18-25)30(33)38(26-19-11-6-12-20-26,27-21-13-7-14-22-27)28-23-15-8-16-24-28/h5-24H,3-4H2,1-2H3,(H,34,36)/b30-29+. The van der Waals surface area contributed by atoms with Gasteiger partial charge in [0, 0.05) is 18.7 Å². The zero-order valence-electron chi connectivity index (χ0n) is 21.6. The van der Waals surface area contributed by atoms with Crippen LogP contribution in [0, 0.1) is 0 Å². The predicted molar refractivity (Wildman–Crippen MR) is 160 cm³/mol. The van der Waals surface area contributed by atoms with Crippen LogP contribution in [0.1, 0.15) is 24.2 Å². The molecule has 193 valence electrons. The summed E-state index contributed by atoms with van der Waals surface area (Å²) in [7, 11) is -2.78. The fraction of sp³-hybridized carbons (Fsp3) is 0.125. The monoisotopic (exact) mass is 541 g/mol. The van der Waals surface area contributed by atoms with Gasteiger partial charge in [-0.25, -0.2) is 0 Å². The lowest BCUT2D eigenvalue weighted by Crippen LogP contribution is -2.41. The Morgan fingerprint density at radius 2 is 1.03 bits per heavy atom. The highest BCUT2D eigenvalue weighted by Gasteiger charge is 2.41. The van der Waals surface area contributed by atoms with Crippen LogP contribution in [-0.4, -0.2) is 29.8 Å². The van der Waals surface area contributed by atoms with Crippen LogP contribution in [0.2, 0.25) is 0 Å². The van der Waals surface area contributed by atoms with Gasteiger partial charge in [-0.3, -0.25) is 9.59 Å². The minimum atomic E-state index is -2.78. The molecule has 0 fully saturated rings. The molecule has 0 spiro atoms. The molecule has 6 heteroatoms. The van der Waals surface area contributed by atoms with Crippen LogP contribution >= 0.6 is 18.9 Å². The van der Waals surface area contributed by atoms with Gasteiger partial charge >= 0.3 is 0 Å². The molecule has 0 aliphatic heterocycles. The van der Waals surface area contributed by atoms with E-state index < -0.39 is 7.26 Å². The summed E-state index contributed by atoms with van der Waals surface area (Å²) >= 11 is 7.52. The lowest BCUT2D eigenvalue weighted by Gasteiger charge is -2.39. The first kappa shape index (κ1) is 27.3. The quantitative estimate of drug-likeness (QED) is 0.219. The molecule has 0 bridgehead atoms. The molecule has 38 heavy (non-hydrogen) atoms. The molecular weight excluding hydrogens is 511 g/mol. The first-order chi connectivity index (χ1) is 18.5. The number of rotatable bonds is 9. The number of carbonyl (C=O) groups is 2. The zero-order chi connectivity index (χ0) is 27.0. The number of benzene rings is 4. The number of carbonyl (C=O) groups excluding carboxylic acids is 2. The second-order valence-electron chi connectivity index (χ2n) is 8.64. The topological polar surface area (TPSA) is 49.4 Å². The summed E-state index contributed by atoms with van der Waals surface area (Å²) in [5.41, 5.74) is 0.555. The Balaban J connectivity index is 2.07. The molecule has 0 atom stereocenters. The van der Waals surface area contributed by atoms with Gasteiger partial charge in [0.2, 0.25) is 0 Å². The zero-order valence-corrected chi connectivity index (χ0v) is 23.2. The molecule has 4 nitrogen and oxygen atoms in total. The van der Waals surface area contributed by atoms with Crippen molar-refractivity contribution < 1.29 is 9.59 Å². The van der Waals surface area contributed by atoms with E-state index >= 15 is 0 Å². The molecule has 4 aromatic carbocycles. The molecule has 0 aromatic heterocycles. The van der Waals surface area contributed by atoms with E-state index in [1.165, 1.54) is 0 Å². The highest BCUT2D eigenvalue weighted by Crippen LogP contribution is 2.64. The molecule has 2 amide bonds. The van der Waals surface area contributed by atoms with Crippen molar-refractivity contribution in [3.05, 3.63) is 137 Å². The number of hydrogen-bond donors (Lipinski definition) is 1. The summed E-state index contributed by atoms with van der Waals surface area (Å²) in [6, 6.07) is 38.9. The molecule has 0 saturated carbocycles. The summed E-state index contributed by atoms with van der Waals surface area (Å²) in [5, 5.41) is 5.90. The molecule has 0 aliphatic rings. The lowest BCUT2D eigenvalue weighted by molar-refractivity contribution is -0.127. The molecule has 4 rings (SSSR count). The van der Waals surface area contributed by atoms with Gasteiger partial charge in [0.15, 0.2) is 0 Å². The van der Waals surface area contributed by atoms with Crippen molar-refractivity contribution in [1.29, 1.82) is 0 Å². The second kappa shape index (κ2) is 12.7. The summed E-state index contributed by atoms with van der Waals surface area (Å²) < 4.78 is 0.335. The minimum absolute atomic E-state index is 0.106. The van der Waals surface area contributed by atoms with Crippen molar-refractivity contribution >= 4 is 46.6 Å². The van der Waals surface area contributed by atoms with E-state index in [1.807, 2.05) is 74.5 Å². The van der Waals surface area contributed by atoms with Crippen molar-refractivity contribution in [2.24, 2.45) is 0 Å². The molecule has 0 saturated heterocycles. The normalized spacial score (nSPS) is 11.9. The minimum Gasteiger partial charge on any atom is -0.338 e. The SMILES string of the molecule is CCN(CC)C(=O)/C(NC(=O)c1ccccc1)=C(/Cl)[P](c1ccccc1)(c1ccccc1)c1ccccc1. The fourth-order valence-electron chi connectivity index (χ4n) is 4.55. The predicted octanol–water partition coefficient (Wildman–Crippen LogP) is 5.69. The Kier molecular flexibility index (Phi) is 9.12. The molecule has 0 heterocycles. The summed E-state index contributed by atoms with van der Waals surface area (Å²) in [6.45, 7) is 4.80. The smallest absolute Gasteiger partial charge is 0.271 e. The Morgan fingerprint density at radius 1 is 0.658 bits per heavy atom. The van der Waals surface area contributed by atoms with Crippen molar-refractivity contribution in [2.75, 3.05) is 13.1 Å². The van der Waals surface area contributed by atoms with E-state index in [-0.39, 0.29) is 17.5 Å². The van der Waals surface area contributed by atoms with Crippen LogP contribution in [0.3, 0.4) is 0 Å². The third-order valence-electron chi connectivity index (χ3n) is 6.47. The van der Waals surface area contributed by atoms with Crippen molar-refractivity contribution in [2.45, 2.75) is 13.8 Å². The van der Waals surface area contributed by atoms with Gasteiger partial charge in [0.25, 0.3) is 11.8 Å². The number of likely N-dealkylation sites (N-methyl/N-ethyl adjacent to an activating group) is 1. The molecule has 1 radical (unpaired) electrons. The van der Waals surface area contributed by atoms with Crippen LogP contribution in [-0.2, 0) is 4.79 Å². The number of hydrogen-bond acceptors (Lipinski definition) is 2. The first-order valence-electron chi connectivity index (χ1n) is 12.7. The maximum absolute atomic E-state index is 14.0. The fourth-order valence-corrected chi connectivity index (χ4v) is 9.47. The van der Waals surface area contributed by atoms with Gasteiger partial charge in [-0.1, -0.05) is 121 Å². The number of nitrogens with zero attached hydrogens (tertiary/aromatic N) is 1.